The van der Waals surface area contributed by atoms with Gasteiger partial charge >= 0.3 is 0 Å². The van der Waals surface area contributed by atoms with E-state index in [1.54, 1.807) is 12.1 Å². The number of nitrogen functional groups attached to an aromatic ring is 1. The first kappa shape index (κ1) is 12.2. The van der Waals surface area contributed by atoms with Crippen molar-refractivity contribution in [2.24, 2.45) is 17.6 Å². The van der Waals surface area contributed by atoms with Crippen LogP contribution < -0.4 is 16.4 Å². The highest BCUT2D eigenvalue weighted by atomic mass is 16.2. The van der Waals surface area contributed by atoms with Gasteiger partial charge in [0.15, 0.2) is 0 Å². The largest absolute Gasteiger partial charge is 0.384 e. The first-order valence-electron chi connectivity index (χ1n) is 6.59. The van der Waals surface area contributed by atoms with Gasteiger partial charge in [0.25, 0.3) is 0 Å². The Hall–Kier alpha value is -1.88. The molecule has 5 heteroatoms. The molecule has 2 fully saturated rings. The minimum Gasteiger partial charge on any atom is -0.384 e. The molecule has 1 aromatic rings. The molecule has 0 radical (unpaired) electrons. The normalized spacial score (nSPS) is 27.7. The number of rotatable bonds is 4. The van der Waals surface area contributed by atoms with E-state index in [0.29, 0.717) is 18.0 Å². The third kappa shape index (κ3) is 2.46. The highest BCUT2D eigenvalue weighted by Crippen LogP contribution is 2.44. The molecule has 5 N–H and O–H groups in total. The summed E-state index contributed by atoms with van der Waals surface area (Å²) in [5.41, 5.74) is 7.11. The van der Waals surface area contributed by atoms with E-state index in [-0.39, 0.29) is 17.8 Å². The Morgan fingerprint density at radius 2 is 2.16 bits per heavy atom. The molecular formula is C14H18N4O. The Morgan fingerprint density at radius 3 is 2.68 bits per heavy atom. The van der Waals surface area contributed by atoms with E-state index >= 15 is 0 Å². The van der Waals surface area contributed by atoms with Gasteiger partial charge in [-0.3, -0.25) is 10.2 Å². The van der Waals surface area contributed by atoms with Crippen LogP contribution in [0.5, 0.6) is 0 Å². The van der Waals surface area contributed by atoms with E-state index in [4.69, 9.17) is 11.1 Å². The molecule has 1 aromatic carbocycles. The van der Waals surface area contributed by atoms with Crippen molar-refractivity contribution in [2.45, 2.75) is 19.0 Å². The Balaban J connectivity index is 1.54. The molecule has 2 aliphatic rings. The molecule has 1 aliphatic carbocycles. The topological polar surface area (TPSA) is 91.0 Å². The van der Waals surface area contributed by atoms with Gasteiger partial charge in [-0.2, -0.15) is 0 Å². The standard InChI is InChI=1S/C14H18N4O/c15-13(16)9-3-1-8(2-4-9)6-18-14(19)12-11-5-10(11)7-17-12/h1-4,10-12,17H,5-7H2,(H3,15,16)(H,18,19)/t10?,11?,12-/m0/s1. The number of hydrogen-bond acceptors (Lipinski definition) is 3. The first-order valence-corrected chi connectivity index (χ1v) is 6.59. The second-order valence-electron chi connectivity index (χ2n) is 5.37. The molecule has 0 bridgehead atoms. The van der Waals surface area contributed by atoms with Gasteiger partial charge < -0.3 is 16.4 Å². The maximum Gasteiger partial charge on any atom is 0.237 e. The van der Waals surface area contributed by atoms with Gasteiger partial charge in [0.2, 0.25) is 5.91 Å². The van der Waals surface area contributed by atoms with Crippen LogP contribution in [-0.2, 0) is 11.3 Å². The quantitative estimate of drug-likeness (QED) is 0.459. The van der Waals surface area contributed by atoms with Crippen LogP contribution in [0.1, 0.15) is 17.5 Å². The number of hydrogen-bond donors (Lipinski definition) is 4. The van der Waals surface area contributed by atoms with Crippen LogP contribution in [0.25, 0.3) is 0 Å². The lowest BCUT2D eigenvalue weighted by atomic mass is 10.1. The van der Waals surface area contributed by atoms with Crippen molar-refractivity contribution < 1.29 is 4.79 Å². The van der Waals surface area contributed by atoms with Crippen molar-refractivity contribution in [3.63, 3.8) is 0 Å². The lowest BCUT2D eigenvalue weighted by molar-refractivity contribution is -0.123. The van der Waals surface area contributed by atoms with Gasteiger partial charge in [0, 0.05) is 12.1 Å². The van der Waals surface area contributed by atoms with Crippen LogP contribution in [0.3, 0.4) is 0 Å². The number of nitrogens with one attached hydrogen (secondary N) is 3. The minimum atomic E-state index is 0.00138. The Kier molecular flexibility index (Phi) is 2.98. The van der Waals surface area contributed by atoms with Crippen molar-refractivity contribution in [3.05, 3.63) is 35.4 Å². The van der Waals surface area contributed by atoms with E-state index in [9.17, 15) is 4.79 Å². The number of carbonyl (C=O) groups excluding carboxylic acids is 1. The second-order valence-corrected chi connectivity index (χ2v) is 5.37. The maximum atomic E-state index is 12.0. The number of amidine groups is 1. The predicted molar refractivity (Wildman–Crippen MR) is 72.7 cm³/mol. The van der Waals surface area contributed by atoms with Crippen molar-refractivity contribution in [3.8, 4) is 0 Å². The van der Waals surface area contributed by atoms with Crippen LogP contribution in [-0.4, -0.2) is 24.3 Å². The Morgan fingerprint density at radius 1 is 1.42 bits per heavy atom. The smallest absolute Gasteiger partial charge is 0.237 e. The molecule has 1 heterocycles. The third-order valence-electron chi connectivity index (χ3n) is 4.02. The highest BCUT2D eigenvalue weighted by molar-refractivity contribution is 5.94. The Labute approximate surface area is 112 Å². The molecule has 19 heavy (non-hydrogen) atoms. The molecule has 1 saturated carbocycles. The van der Waals surface area contributed by atoms with Crippen LogP contribution in [0, 0.1) is 17.2 Å². The van der Waals surface area contributed by atoms with Crippen LogP contribution in [0.4, 0.5) is 0 Å². The molecule has 1 saturated heterocycles. The van der Waals surface area contributed by atoms with E-state index < -0.39 is 0 Å². The molecule has 0 aromatic heterocycles. The third-order valence-corrected chi connectivity index (χ3v) is 4.02. The summed E-state index contributed by atoms with van der Waals surface area (Å²) in [5.74, 6) is 1.44. The molecule has 3 atom stereocenters. The summed E-state index contributed by atoms with van der Waals surface area (Å²) in [4.78, 5) is 12.0. The van der Waals surface area contributed by atoms with Crippen molar-refractivity contribution in [1.82, 2.24) is 10.6 Å². The zero-order chi connectivity index (χ0) is 13.4. The van der Waals surface area contributed by atoms with E-state index in [1.807, 2.05) is 12.1 Å². The summed E-state index contributed by atoms with van der Waals surface area (Å²) in [7, 11) is 0. The van der Waals surface area contributed by atoms with Gasteiger partial charge in [-0.15, -0.1) is 0 Å². The van der Waals surface area contributed by atoms with Gasteiger partial charge in [-0.25, -0.2) is 0 Å². The summed E-state index contributed by atoms with van der Waals surface area (Å²) in [6, 6.07) is 7.38. The minimum absolute atomic E-state index is 0.00138. The summed E-state index contributed by atoms with van der Waals surface area (Å²) in [5, 5.41) is 13.5. The monoisotopic (exact) mass is 258 g/mol. The van der Waals surface area contributed by atoms with Gasteiger partial charge in [-0.1, -0.05) is 24.3 Å². The van der Waals surface area contributed by atoms with E-state index in [0.717, 1.165) is 18.0 Å². The van der Waals surface area contributed by atoms with E-state index in [1.165, 1.54) is 6.42 Å². The van der Waals surface area contributed by atoms with Crippen LogP contribution in [0.2, 0.25) is 0 Å². The summed E-state index contributed by atoms with van der Waals surface area (Å²) in [6.45, 7) is 1.50. The molecule has 2 unspecified atom stereocenters. The second kappa shape index (κ2) is 4.66. The van der Waals surface area contributed by atoms with E-state index in [2.05, 4.69) is 10.6 Å². The number of nitrogens with two attached hydrogens (primary N) is 1. The molecular weight excluding hydrogens is 240 g/mol. The SMILES string of the molecule is N=C(N)c1ccc(CNC(=O)[C@H]2NCC3CC32)cc1. The van der Waals surface area contributed by atoms with Crippen molar-refractivity contribution >= 4 is 11.7 Å². The molecule has 5 nitrogen and oxygen atoms in total. The number of carbonyl (C=O) groups is 1. The number of amides is 1. The van der Waals surface area contributed by atoms with Crippen molar-refractivity contribution in [2.75, 3.05) is 6.54 Å². The van der Waals surface area contributed by atoms with Crippen LogP contribution in [0.15, 0.2) is 24.3 Å². The summed E-state index contributed by atoms with van der Waals surface area (Å²) < 4.78 is 0. The fourth-order valence-corrected chi connectivity index (χ4v) is 2.73. The average molecular weight is 258 g/mol. The molecule has 0 spiro atoms. The number of benzene rings is 1. The summed E-state index contributed by atoms with van der Waals surface area (Å²) >= 11 is 0. The average Bonchev–Trinajstić information content (AvgIpc) is 3.07. The zero-order valence-corrected chi connectivity index (χ0v) is 10.6. The number of piperidine rings is 1. The molecule has 3 rings (SSSR count). The molecule has 100 valence electrons. The number of fused-ring (bicyclic) bond motifs is 1. The van der Waals surface area contributed by atoms with Crippen LogP contribution >= 0.6 is 0 Å². The lowest BCUT2D eigenvalue weighted by Crippen LogP contribution is -2.42. The van der Waals surface area contributed by atoms with Gasteiger partial charge in [0.05, 0.1) is 6.04 Å². The predicted octanol–water partition coefficient (Wildman–Crippen LogP) is 0.195. The molecule has 1 aliphatic heterocycles. The summed E-state index contributed by atoms with van der Waals surface area (Å²) in [6.07, 6.45) is 1.19. The first-order chi connectivity index (χ1) is 9.15. The van der Waals surface area contributed by atoms with Crippen molar-refractivity contribution in [1.29, 1.82) is 5.41 Å². The fraction of sp³-hybridized carbons (Fsp3) is 0.429. The van der Waals surface area contributed by atoms with Gasteiger partial charge in [0.1, 0.15) is 5.84 Å². The maximum absolute atomic E-state index is 12.0. The lowest BCUT2D eigenvalue weighted by Gasteiger charge is -2.13. The Bertz CT molecular complexity index is 511. The highest BCUT2D eigenvalue weighted by Gasteiger charge is 2.50. The zero-order valence-electron chi connectivity index (χ0n) is 10.6. The molecule has 1 amide bonds. The fourth-order valence-electron chi connectivity index (χ4n) is 2.73. The van der Waals surface area contributed by atoms with Gasteiger partial charge in [-0.05, 0) is 30.4 Å².